The van der Waals surface area contributed by atoms with Crippen LogP contribution in [0.1, 0.15) is 35.5 Å². The zero-order valence-corrected chi connectivity index (χ0v) is 13.8. The smallest absolute Gasteiger partial charge is 0.253 e. The number of ether oxygens (including phenoxy) is 1. The van der Waals surface area contributed by atoms with Gasteiger partial charge in [0.05, 0.1) is 23.9 Å². The molecule has 0 bridgehead atoms. The Kier molecular flexibility index (Phi) is 5.61. The van der Waals surface area contributed by atoms with Gasteiger partial charge in [0.15, 0.2) is 0 Å². The van der Waals surface area contributed by atoms with Crippen LogP contribution < -0.4 is 5.32 Å². The topological polar surface area (TPSA) is 77.6 Å². The Morgan fingerprint density at radius 2 is 2.09 bits per heavy atom. The molecule has 0 spiro atoms. The summed E-state index contributed by atoms with van der Waals surface area (Å²) in [6, 6.07) is 0. The molecule has 1 saturated heterocycles. The Hall–Kier alpha value is -1.37. The average molecular weight is 309 g/mol. The Morgan fingerprint density at radius 3 is 2.64 bits per heavy atom. The molecule has 0 saturated carbocycles. The molecular weight excluding hydrogens is 282 g/mol. The van der Waals surface area contributed by atoms with E-state index in [1.165, 1.54) is 0 Å². The van der Waals surface area contributed by atoms with E-state index in [-0.39, 0.29) is 24.7 Å². The van der Waals surface area contributed by atoms with E-state index in [1.54, 1.807) is 0 Å². The number of morpholine rings is 1. The first-order valence-electron chi connectivity index (χ1n) is 7.85. The summed E-state index contributed by atoms with van der Waals surface area (Å²) < 4.78 is 5.67. The van der Waals surface area contributed by atoms with E-state index in [4.69, 9.17) is 4.74 Å². The minimum atomic E-state index is -0.582. The van der Waals surface area contributed by atoms with Crippen molar-refractivity contribution in [1.29, 1.82) is 0 Å². The Labute approximate surface area is 131 Å². The first kappa shape index (κ1) is 17.0. The van der Waals surface area contributed by atoms with E-state index < -0.39 is 6.10 Å². The summed E-state index contributed by atoms with van der Waals surface area (Å²) in [4.78, 5) is 17.4. The molecule has 0 aliphatic carbocycles. The fourth-order valence-corrected chi connectivity index (χ4v) is 3.10. The molecule has 1 aromatic heterocycles. The normalized spacial score (nSPS) is 24.2. The average Bonchev–Trinajstić information content (AvgIpc) is 2.74. The van der Waals surface area contributed by atoms with Crippen LogP contribution in [0, 0.1) is 13.8 Å². The molecule has 22 heavy (non-hydrogen) atoms. The highest BCUT2D eigenvalue weighted by Gasteiger charge is 2.24. The highest BCUT2D eigenvalue weighted by Crippen LogP contribution is 2.12. The number of aliphatic hydroxyl groups is 1. The number of aliphatic hydroxyl groups excluding tert-OH is 1. The number of hydrogen-bond donors (Lipinski definition) is 3. The molecule has 1 aliphatic heterocycles. The summed E-state index contributed by atoms with van der Waals surface area (Å²) >= 11 is 0. The third kappa shape index (κ3) is 4.32. The van der Waals surface area contributed by atoms with E-state index in [0.29, 0.717) is 12.1 Å². The minimum Gasteiger partial charge on any atom is -0.390 e. The molecule has 124 valence electrons. The van der Waals surface area contributed by atoms with E-state index in [9.17, 15) is 9.90 Å². The zero-order chi connectivity index (χ0) is 16.3. The number of aryl methyl sites for hydroxylation is 2. The summed E-state index contributed by atoms with van der Waals surface area (Å²) in [7, 11) is 0. The van der Waals surface area contributed by atoms with Gasteiger partial charge in [0.2, 0.25) is 0 Å². The van der Waals surface area contributed by atoms with Crippen LogP contribution in [0.5, 0.6) is 0 Å². The van der Waals surface area contributed by atoms with Gasteiger partial charge in [-0.15, -0.1) is 0 Å². The predicted molar refractivity (Wildman–Crippen MR) is 85.1 cm³/mol. The van der Waals surface area contributed by atoms with Gasteiger partial charge in [0, 0.05) is 38.1 Å². The fourth-order valence-electron chi connectivity index (χ4n) is 3.10. The number of nitrogens with one attached hydrogen (secondary N) is 2. The van der Waals surface area contributed by atoms with Gasteiger partial charge in [-0.05, 0) is 33.3 Å². The summed E-state index contributed by atoms with van der Waals surface area (Å²) in [6.45, 7) is 10.3. The molecule has 2 rings (SSSR count). The van der Waals surface area contributed by atoms with Gasteiger partial charge >= 0.3 is 0 Å². The number of nitrogens with zero attached hydrogens (tertiary/aromatic N) is 1. The second-order valence-electron chi connectivity index (χ2n) is 6.31. The van der Waals surface area contributed by atoms with Gasteiger partial charge in [-0.1, -0.05) is 0 Å². The number of carbonyl (C=O) groups excluding carboxylic acids is 1. The van der Waals surface area contributed by atoms with Crippen molar-refractivity contribution in [2.24, 2.45) is 0 Å². The minimum absolute atomic E-state index is 0.140. The number of hydrogen-bond acceptors (Lipinski definition) is 4. The van der Waals surface area contributed by atoms with Gasteiger partial charge in [0.1, 0.15) is 0 Å². The molecule has 6 heteroatoms. The van der Waals surface area contributed by atoms with Crippen LogP contribution in [0.25, 0.3) is 0 Å². The van der Waals surface area contributed by atoms with Crippen molar-refractivity contribution in [1.82, 2.24) is 15.2 Å². The van der Waals surface area contributed by atoms with Crippen molar-refractivity contribution in [3.63, 3.8) is 0 Å². The number of amides is 1. The van der Waals surface area contributed by atoms with Gasteiger partial charge in [-0.25, -0.2) is 0 Å². The summed E-state index contributed by atoms with van der Waals surface area (Å²) in [6.07, 6.45) is 1.59. The maximum atomic E-state index is 12.2. The van der Waals surface area contributed by atoms with Crippen LogP contribution in [0.4, 0.5) is 0 Å². The molecule has 1 aromatic rings. The number of β-amino-alcohol motifs (C(OH)–C–C–N with tert-alkyl or cyclic N) is 1. The monoisotopic (exact) mass is 309 g/mol. The van der Waals surface area contributed by atoms with Crippen molar-refractivity contribution in [2.45, 2.75) is 46.0 Å². The molecule has 6 nitrogen and oxygen atoms in total. The standard InChI is InChI=1S/C16H27N3O3/c1-10-5-17-13(4)15(10)16(21)18-6-14(20)9-19-7-11(2)22-12(3)8-19/h5,11-12,14,17,20H,6-9H2,1-4H3,(H,18,21). The number of carbonyl (C=O) groups is 1. The first-order chi connectivity index (χ1) is 10.4. The highest BCUT2D eigenvalue weighted by molar-refractivity contribution is 5.96. The lowest BCUT2D eigenvalue weighted by molar-refractivity contribution is -0.0761. The fraction of sp³-hybridized carbons (Fsp3) is 0.688. The molecule has 1 aliphatic rings. The van der Waals surface area contributed by atoms with Gasteiger partial charge in [-0.2, -0.15) is 0 Å². The largest absolute Gasteiger partial charge is 0.390 e. The third-order valence-electron chi connectivity index (χ3n) is 3.96. The van der Waals surface area contributed by atoms with Crippen LogP contribution in [0.15, 0.2) is 6.20 Å². The summed E-state index contributed by atoms with van der Waals surface area (Å²) in [5.74, 6) is -0.140. The predicted octanol–water partition coefficient (Wildman–Crippen LogP) is 0.831. The van der Waals surface area contributed by atoms with Gasteiger partial charge in [-0.3, -0.25) is 9.69 Å². The van der Waals surface area contributed by atoms with Crippen LogP contribution >= 0.6 is 0 Å². The molecule has 1 amide bonds. The molecule has 3 unspecified atom stereocenters. The summed E-state index contributed by atoms with van der Waals surface area (Å²) in [5.41, 5.74) is 2.43. The van der Waals surface area contributed by atoms with Crippen molar-refractivity contribution in [3.05, 3.63) is 23.0 Å². The number of rotatable bonds is 5. The number of H-pyrrole nitrogens is 1. The molecule has 1 fully saturated rings. The maximum absolute atomic E-state index is 12.2. The van der Waals surface area contributed by atoms with E-state index in [1.807, 2.05) is 33.9 Å². The second kappa shape index (κ2) is 7.26. The van der Waals surface area contributed by atoms with Crippen LogP contribution in [-0.4, -0.2) is 65.4 Å². The molecule has 2 heterocycles. The molecule has 3 atom stereocenters. The zero-order valence-electron chi connectivity index (χ0n) is 13.8. The summed E-state index contributed by atoms with van der Waals surface area (Å²) in [5, 5.41) is 13.0. The van der Waals surface area contributed by atoms with Crippen molar-refractivity contribution >= 4 is 5.91 Å². The SMILES string of the molecule is Cc1c[nH]c(C)c1C(=O)NCC(O)CN1CC(C)OC(C)C1. The first-order valence-corrected chi connectivity index (χ1v) is 7.85. The molecular formula is C16H27N3O3. The lowest BCUT2D eigenvalue weighted by Gasteiger charge is -2.36. The van der Waals surface area contributed by atoms with Crippen LogP contribution in [0.2, 0.25) is 0 Å². The van der Waals surface area contributed by atoms with Crippen molar-refractivity contribution in [2.75, 3.05) is 26.2 Å². The van der Waals surface area contributed by atoms with E-state index in [0.717, 1.165) is 24.3 Å². The van der Waals surface area contributed by atoms with Gasteiger partial charge < -0.3 is 20.1 Å². The van der Waals surface area contributed by atoms with Crippen molar-refractivity contribution < 1.29 is 14.6 Å². The van der Waals surface area contributed by atoms with E-state index in [2.05, 4.69) is 15.2 Å². The Morgan fingerprint density at radius 1 is 1.45 bits per heavy atom. The van der Waals surface area contributed by atoms with Crippen molar-refractivity contribution in [3.8, 4) is 0 Å². The lowest BCUT2D eigenvalue weighted by atomic mass is 10.1. The molecule has 0 radical (unpaired) electrons. The highest BCUT2D eigenvalue weighted by atomic mass is 16.5. The van der Waals surface area contributed by atoms with Gasteiger partial charge in [0.25, 0.3) is 5.91 Å². The maximum Gasteiger partial charge on any atom is 0.253 e. The Balaban J connectivity index is 1.80. The van der Waals surface area contributed by atoms with Crippen LogP contribution in [-0.2, 0) is 4.74 Å². The number of aromatic amines is 1. The lowest BCUT2D eigenvalue weighted by Crippen LogP contribution is -2.49. The van der Waals surface area contributed by atoms with E-state index >= 15 is 0 Å². The molecule has 3 N–H and O–H groups in total. The third-order valence-corrected chi connectivity index (χ3v) is 3.96. The second-order valence-corrected chi connectivity index (χ2v) is 6.31. The molecule has 0 aromatic carbocycles. The quantitative estimate of drug-likeness (QED) is 0.753. The Bertz CT molecular complexity index is 485. The van der Waals surface area contributed by atoms with Crippen LogP contribution in [0.3, 0.4) is 0 Å². The number of aromatic nitrogens is 1.